The molecule has 1 amide bonds. The second-order valence-corrected chi connectivity index (χ2v) is 5.66. The Hall–Kier alpha value is -1.40. The summed E-state index contributed by atoms with van der Waals surface area (Å²) in [7, 11) is 5.80. The molecule has 1 fully saturated rings. The number of carbonyl (C=O) groups excluding carboxylic acids is 1. The van der Waals surface area contributed by atoms with Gasteiger partial charge in [-0.2, -0.15) is 5.10 Å². The molecule has 0 radical (unpaired) electrons. The van der Waals surface area contributed by atoms with Gasteiger partial charge in [0, 0.05) is 25.4 Å². The fourth-order valence-electron chi connectivity index (χ4n) is 2.65. The van der Waals surface area contributed by atoms with Crippen LogP contribution in [0.5, 0.6) is 0 Å². The van der Waals surface area contributed by atoms with Crippen LogP contribution in [0.15, 0.2) is 12.4 Å². The van der Waals surface area contributed by atoms with Gasteiger partial charge in [-0.15, -0.1) is 0 Å². The molecule has 1 aliphatic rings. The minimum absolute atomic E-state index is 0.0272. The highest BCUT2D eigenvalue weighted by Gasteiger charge is 2.22. The van der Waals surface area contributed by atoms with Crippen molar-refractivity contribution in [3.8, 4) is 0 Å². The van der Waals surface area contributed by atoms with Gasteiger partial charge in [-0.1, -0.05) is 0 Å². The first kappa shape index (κ1) is 15.0. The van der Waals surface area contributed by atoms with Gasteiger partial charge in [-0.25, -0.2) is 0 Å². The molecule has 0 aliphatic carbocycles. The normalized spacial score (nSPS) is 18.9. The second-order valence-electron chi connectivity index (χ2n) is 5.66. The monoisotopic (exact) mass is 279 g/mol. The zero-order valence-corrected chi connectivity index (χ0v) is 12.6. The van der Waals surface area contributed by atoms with E-state index < -0.39 is 0 Å². The molecular formula is C14H25N5O. The molecule has 0 aromatic carbocycles. The number of carbonyl (C=O) groups is 1. The van der Waals surface area contributed by atoms with E-state index in [-0.39, 0.29) is 11.9 Å². The van der Waals surface area contributed by atoms with Gasteiger partial charge in [0.1, 0.15) is 6.04 Å². The summed E-state index contributed by atoms with van der Waals surface area (Å²) in [5.74, 6) is 0.626. The molecule has 1 aromatic rings. The average Bonchev–Trinajstić information content (AvgIpc) is 2.85. The lowest BCUT2D eigenvalue weighted by Gasteiger charge is -2.29. The van der Waals surface area contributed by atoms with Crippen LogP contribution < -0.4 is 10.6 Å². The van der Waals surface area contributed by atoms with Crippen molar-refractivity contribution in [2.75, 3.05) is 33.7 Å². The molecular weight excluding hydrogens is 254 g/mol. The molecule has 2 N–H and O–H groups in total. The lowest BCUT2D eigenvalue weighted by molar-refractivity contribution is -0.123. The first-order chi connectivity index (χ1) is 9.60. The maximum absolute atomic E-state index is 12.3. The molecule has 1 unspecified atom stereocenters. The number of likely N-dealkylation sites (tertiary alicyclic amines) is 1. The van der Waals surface area contributed by atoms with E-state index in [1.807, 2.05) is 13.2 Å². The highest BCUT2D eigenvalue weighted by molar-refractivity contribution is 5.83. The summed E-state index contributed by atoms with van der Waals surface area (Å²) in [5, 5.41) is 10.2. The first-order valence-corrected chi connectivity index (χ1v) is 7.22. The Morgan fingerprint density at radius 2 is 2.15 bits per heavy atom. The number of aromatic nitrogens is 2. The largest absolute Gasteiger partial charge is 0.354 e. The molecule has 0 bridgehead atoms. The Kier molecular flexibility index (Phi) is 5.14. The average molecular weight is 279 g/mol. The number of nitrogens with zero attached hydrogens (tertiary/aromatic N) is 3. The number of aryl methyl sites for hydroxylation is 1. The lowest BCUT2D eigenvalue weighted by atomic mass is 9.97. The van der Waals surface area contributed by atoms with E-state index in [0.29, 0.717) is 5.92 Å². The Balaban J connectivity index is 1.84. The molecule has 2 rings (SSSR count). The molecule has 1 aliphatic heterocycles. The smallest absolute Gasteiger partial charge is 0.241 e. The second kappa shape index (κ2) is 6.85. The number of hydrogen-bond acceptors (Lipinski definition) is 4. The summed E-state index contributed by atoms with van der Waals surface area (Å²) in [4.78, 5) is 14.6. The third-order valence-electron chi connectivity index (χ3n) is 4.01. The summed E-state index contributed by atoms with van der Waals surface area (Å²) in [6.45, 7) is 3.02. The molecule has 0 spiro atoms. The molecule has 2 heterocycles. The molecule has 1 aromatic heterocycles. The molecule has 6 heteroatoms. The van der Waals surface area contributed by atoms with Crippen molar-refractivity contribution in [3.05, 3.63) is 18.0 Å². The summed E-state index contributed by atoms with van der Waals surface area (Å²) in [5.41, 5.74) is 0.899. The van der Waals surface area contributed by atoms with Crippen LogP contribution in [0.3, 0.4) is 0 Å². The third-order valence-corrected chi connectivity index (χ3v) is 4.01. The van der Waals surface area contributed by atoms with Crippen LogP contribution in [-0.4, -0.2) is 54.3 Å². The van der Waals surface area contributed by atoms with Crippen LogP contribution in [-0.2, 0) is 11.8 Å². The van der Waals surface area contributed by atoms with Crippen LogP contribution in [0.25, 0.3) is 0 Å². The first-order valence-electron chi connectivity index (χ1n) is 7.22. The maximum Gasteiger partial charge on any atom is 0.241 e. The van der Waals surface area contributed by atoms with E-state index in [2.05, 4.69) is 27.7 Å². The SMILES string of the molecule is CNC(C(=O)NCC1CCN(C)CC1)c1cnn(C)c1. The van der Waals surface area contributed by atoms with Crippen LogP contribution in [0.4, 0.5) is 0 Å². The van der Waals surface area contributed by atoms with Crippen molar-refractivity contribution < 1.29 is 4.79 Å². The van der Waals surface area contributed by atoms with Gasteiger partial charge in [0.2, 0.25) is 5.91 Å². The highest BCUT2D eigenvalue weighted by Crippen LogP contribution is 2.16. The number of amides is 1. The fourth-order valence-corrected chi connectivity index (χ4v) is 2.65. The van der Waals surface area contributed by atoms with Gasteiger partial charge in [0.05, 0.1) is 6.20 Å². The van der Waals surface area contributed by atoms with Crippen molar-refractivity contribution >= 4 is 5.91 Å². The summed E-state index contributed by atoms with van der Waals surface area (Å²) in [6, 6.07) is -0.324. The van der Waals surface area contributed by atoms with Crippen molar-refractivity contribution in [2.24, 2.45) is 13.0 Å². The van der Waals surface area contributed by atoms with E-state index in [4.69, 9.17) is 0 Å². The predicted octanol–water partition coefficient (Wildman–Crippen LogP) is 0.139. The predicted molar refractivity (Wildman–Crippen MR) is 78.2 cm³/mol. The molecule has 112 valence electrons. The summed E-state index contributed by atoms with van der Waals surface area (Å²) < 4.78 is 1.71. The van der Waals surface area contributed by atoms with Crippen LogP contribution >= 0.6 is 0 Å². The van der Waals surface area contributed by atoms with E-state index in [0.717, 1.165) is 38.0 Å². The topological polar surface area (TPSA) is 62.2 Å². The van der Waals surface area contributed by atoms with Crippen LogP contribution in [0.1, 0.15) is 24.4 Å². The molecule has 1 saturated heterocycles. The quantitative estimate of drug-likeness (QED) is 0.805. The fraction of sp³-hybridized carbons (Fsp3) is 0.714. The molecule has 1 atom stereocenters. The highest BCUT2D eigenvalue weighted by atomic mass is 16.2. The lowest BCUT2D eigenvalue weighted by Crippen LogP contribution is -2.41. The molecule has 6 nitrogen and oxygen atoms in total. The van der Waals surface area contributed by atoms with Gasteiger partial charge >= 0.3 is 0 Å². The number of piperidine rings is 1. The van der Waals surface area contributed by atoms with Crippen molar-refractivity contribution in [1.29, 1.82) is 0 Å². The van der Waals surface area contributed by atoms with Crippen molar-refractivity contribution in [1.82, 2.24) is 25.3 Å². The maximum atomic E-state index is 12.3. The van der Waals surface area contributed by atoms with Crippen LogP contribution in [0.2, 0.25) is 0 Å². The molecule has 0 saturated carbocycles. The Labute approximate surface area is 120 Å². The minimum Gasteiger partial charge on any atom is -0.354 e. The zero-order valence-electron chi connectivity index (χ0n) is 12.6. The number of rotatable bonds is 5. The summed E-state index contributed by atoms with van der Waals surface area (Å²) >= 11 is 0. The van der Waals surface area contributed by atoms with Crippen molar-refractivity contribution in [2.45, 2.75) is 18.9 Å². The zero-order chi connectivity index (χ0) is 14.5. The Bertz CT molecular complexity index is 437. The molecule has 20 heavy (non-hydrogen) atoms. The third kappa shape index (κ3) is 3.80. The van der Waals surface area contributed by atoms with E-state index in [9.17, 15) is 4.79 Å². The van der Waals surface area contributed by atoms with E-state index in [1.165, 1.54) is 0 Å². The minimum atomic E-state index is -0.324. The van der Waals surface area contributed by atoms with Crippen LogP contribution in [0, 0.1) is 5.92 Å². The van der Waals surface area contributed by atoms with Gasteiger partial charge in [0.15, 0.2) is 0 Å². The van der Waals surface area contributed by atoms with Gasteiger partial charge < -0.3 is 15.5 Å². The number of likely N-dealkylation sites (N-methyl/N-ethyl adjacent to an activating group) is 1. The standard InChI is InChI=1S/C14H25N5O/c1-15-13(12-9-17-19(3)10-12)14(20)16-8-11-4-6-18(2)7-5-11/h9-11,13,15H,4-8H2,1-3H3,(H,16,20). The van der Waals surface area contributed by atoms with E-state index in [1.54, 1.807) is 17.9 Å². The van der Waals surface area contributed by atoms with Gasteiger partial charge in [0.25, 0.3) is 0 Å². The number of hydrogen-bond donors (Lipinski definition) is 2. The summed E-state index contributed by atoms with van der Waals surface area (Å²) in [6.07, 6.45) is 5.93. The Morgan fingerprint density at radius 1 is 1.45 bits per heavy atom. The van der Waals surface area contributed by atoms with Gasteiger partial charge in [-0.05, 0) is 45.9 Å². The number of nitrogens with one attached hydrogen (secondary N) is 2. The van der Waals surface area contributed by atoms with Crippen molar-refractivity contribution in [3.63, 3.8) is 0 Å². The van der Waals surface area contributed by atoms with E-state index >= 15 is 0 Å². The van der Waals surface area contributed by atoms with Gasteiger partial charge in [-0.3, -0.25) is 9.48 Å². The Morgan fingerprint density at radius 3 is 2.70 bits per heavy atom.